The first kappa shape index (κ1) is 13.2. The Bertz CT molecular complexity index is 408. The lowest BCUT2D eigenvalue weighted by Gasteiger charge is -2.20. The van der Waals surface area contributed by atoms with E-state index in [1.807, 2.05) is 12.1 Å². The Morgan fingerprint density at radius 1 is 1.06 bits per heavy atom. The molecule has 0 atom stereocenters. The Morgan fingerprint density at radius 3 is 2.18 bits per heavy atom. The lowest BCUT2D eigenvalue weighted by molar-refractivity contribution is 0.277. The Morgan fingerprint density at radius 2 is 1.65 bits per heavy atom. The molecule has 3 nitrogen and oxygen atoms in total. The van der Waals surface area contributed by atoms with E-state index >= 15 is 0 Å². The highest BCUT2D eigenvalue weighted by Crippen LogP contribution is 2.11. The summed E-state index contributed by atoms with van der Waals surface area (Å²) in [6.07, 6.45) is 1.02. The fraction of sp³-hybridized carbons (Fsp3) is 0.429. The monoisotopic (exact) mass is 227 g/mol. The lowest BCUT2D eigenvalue weighted by atomic mass is 10.1. The highest BCUT2D eigenvalue weighted by atomic mass is 15.1. The summed E-state index contributed by atoms with van der Waals surface area (Å²) in [6, 6.07) is 12.5. The third kappa shape index (κ3) is 4.68. The number of benzene rings is 1. The van der Waals surface area contributed by atoms with Gasteiger partial charge in [0.1, 0.15) is 0 Å². The van der Waals surface area contributed by atoms with Crippen LogP contribution in [-0.2, 0) is 6.54 Å². The third-order valence-electron chi connectivity index (χ3n) is 2.73. The smallest absolute Gasteiger partial charge is 0.0635 e. The first-order valence-corrected chi connectivity index (χ1v) is 5.78. The van der Waals surface area contributed by atoms with Gasteiger partial charge in [0.2, 0.25) is 0 Å². The molecule has 17 heavy (non-hydrogen) atoms. The Balaban J connectivity index is 2.62. The standard InChI is InChI=1S/C14H17N3/c1-13-6-2-3-7-14(13)12-17(10-4-8-15)11-5-9-16/h2-3,6-7H,4-5,10-12H2,1H3. The normalized spacial score (nSPS) is 9.88. The van der Waals surface area contributed by atoms with E-state index in [0.717, 1.165) is 19.6 Å². The fourth-order valence-electron chi connectivity index (χ4n) is 1.71. The number of aryl methyl sites for hydroxylation is 1. The SMILES string of the molecule is Cc1ccccc1CN(CCC#N)CCC#N. The fourth-order valence-corrected chi connectivity index (χ4v) is 1.71. The van der Waals surface area contributed by atoms with Crippen molar-refractivity contribution in [2.75, 3.05) is 13.1 Å². The molecule has 0 N–H and O–H groups in total. The van der Waals surface area contributed by atoms with Gasteiger partial charge in [0.15, 0.2) is 0 Å². The van der Waals surface area contributed by atoms with Crippen LogP contribution in [0.3, 0.4) is 0 Å². The van der Waals surface area contributed by atoms with Gasteiger partial charge < -0.3 is 0 Å². The van der Waals surface area contributed by atoms with E-state index in [2.05, 4.69) is 36.1 Å². The van der Waals surface area contributed by atoms with E-state index in [9.17, 15) is 0 Å². The van der Waals surface area contributed by atoms with Crippen molar-refractivity contribution in [2.24, 2.45) is 0 Å². The van der Waals surface area contributed by atoms with Gasteiger partial charge in [0.05, 0.1) is 12.1 Å². The first-order chi connectivity index (χ1) is 8.27. The second kappa shape index (κ2) is 7.44. The number of rotatable bonds is 6. The van der Waals surface area contributed by atoms with Crippen molar-refractivity contribution in [3.05, 3.63) is 35.4 Å². The maximum atomic E-state index is 8.62. The topological polar surface area (TPSA) is 50.8 Å². The van der Waals surface area contributed by atoms with Crippen molar-refractivity contribution in [3.63, 3.8) is 0 Å². The summed E-state index contributed by atoms with van der Waals surface area (Å²) in [7, 11) is 0. The number of nitrogens with zero attached hydrogens (tertiary/aromatic N) is 3. The lowest BCUT2D eigenvalue weighted by Crippen LogP contribution is -2.25. The Hall–Kier alpha value is -1.84. The average molecular weight is 227 g/mol. The summed E-state index contributed by atoms with van der Waals surface area (Å²) in [5.41, 5.74) is 2.52. The summed E-state index contributed by atoms with van der Waals surface area (Å²) < 4.78 is 0. The number of nitriles is 2. The summed E-state index contributed by atoms with van der Waals surface area (Å²) in [5, 5.41) is 17.2. The predicted octanol–water partition coefficient (Wildman–Crippen LogP) is 2.62. The molecule has 3 heteroatoms. The van der Waals surface area contributed by atoms with Gasteiger partial charge in [-0.05, 0) is 18.1 Å². The molecule has 0 aliphatic carbocycles. The van der Waals surface area contributed by atoms with E-state index in [1.54, 1.807) is 0 Å². The molecule has 0 saturated heterocycles. The number of hydrogen-bond acceptors (Lipinski definition) is 3. The van der Waals surface area contributed by atoms with Crippen LogP contribution in [0.4, 0.5) is 0 Å². The van der Waals surface area contributed by atoms with Gasteiger partial charge in [-0.3, -0.25) is 4.90 Å². The van der Waals surface area contributed by atoms with Crippen molar-refractivity contribution in [3.8, 4) is 12.1 Å². The van der Waals surface area contributed by atoms with Crippen LogP contribution >= 0.6 is 0 Å². The second-order valence-electron chi connectivity index (χ2n) is 4.02. The minimum Gasteiger partial charge on any atom is -0.297 e. The van der Waals surface area contributed by atoms with Crippen LogP contribution < -0.4 is 0 Å². The molecule has 0 aliphatic rings. The molecule has 0 unspecified atom stereocenters. The van der Waals surface area contributed by atoms with Crippen molar-refractivity contribution < 1.29 is 0 Å². The zero-order chi connectivity index (χ0) is 12.5. The Labute approximate surface area is 103 Å². The maximum absolute atomic E-state index is 8.62. The van der Waals surface area contributed by atoms with Crippen molar-refractivity contribution in [1.82, 2.24) is 4.90 Å². The van der Waals surface area contributed by atoms with Gasteiger partial charge in [0, 0.05) is 32.5 Å². The molecule has 1 aromatic rings. The van der Waals surface area contributed by atoms with Crippen molar-refractivity contribution in [1.29, 1.82) is 10.5 Å². The predicted molar refractivity (Wildman–Crippen MR) is 66.9 cm³/mol. The first-order valence-electron chi connectivity index (χ1n) is 5.78. The van der Waals surface area contributed by atoms with E-state index < -0.39 is 0 Å². The van der Waals surface area contributed by atoms with E-state index in [-0.39, 0.29) is 0 Å². The van der Waals surface area contributed by atoms with Gasteiger partial charge in [-0.25, -0.2) is 0 Å². The molecule has 1 aromatic carbocycles. The summed E-state index contributed by atoms with van der Waals surface area (Å²) in [6.45, 7) is 4.36. The highest BCUT2D eigenvalue weighted by molar-refractivity contribution is 5.25. The van der Waals surface area contributed by atoms with Crippen LogP contribution in [0, 0.1) is 29.6 Å². The molecule has 0 amide bonds. The van der Waals surface area contributed by atoms with E-state index in [4.69, 9.17) is 10.5 Å². The zero-order valence-electron chi connectivity index (χ0n) is 10.2. The molecule has 0 heterocycles. The molecule has 0 fully saturated rings. The van der Waals surface area contributed by atoms with E-state index in [0.29, 0.717) is 12.8 Å². The van der Waals surface area contributed by atoms with Crippen molar-refractivity contribution >= 4 is 0 Å². The van der Waals surface area contributed by atoms with E-state index in [1.165, 1.54) is 11.1 Å². The maximum Gasteiger partial charge on any atom is 0.0635 e. The van der Waals surface area contributed by atoms with Crippen molar-refractivity contribution in [2.45, 2.75) is 26.3 Å². The summed E-state index contributed by atoms with van der Waals surface area (Å²) in [5.74, 6) is 0. The molecule has 0 aromatic heterocycles. The summed E-state index contributed by atoms with van der Waals surface area (Å²) >= 11 is 0. The molecule has 1 rings (SSSR count). The zero-order valence-corrected chi connectivity index (χ0v) is 10.2. The largest absolute Gasteiger partial charge is 0.297 e. The van der Waals surface area contributed by atoms with Gasteiger partial charge in [0.25, 0.3) is 0 Å². The molecule has 0 bridgehead atoms. The van der Waals surface area contributed by atoms with Gasteiger partial charge >= 0.3 is 0 Å². The minimum absolute atomic E-state index is 0.511. The summed E-state index contributed by atoms with van der Waals surface area (Å²) in [4.78, 5) is 2.16. The second-order valence-corrected chi connectivity index (χ2v) is 4.02. The molecule has 0 aliphatic heterocycles. The van der Waals surface area contributed by atoms with Crippen LogP contribution in [0.25, 0.3) is 0 Å². The van der Waals surface area contributed by atoms with Crippen LogP contribution in [-0.4, -0.2) is 18.0 Å². The molecule has 0 spiro atoms. The highest BCUT2D eigenvalue weighted by Gasteiger charge is 2.06. The van der Waals surface area contributed by atoms with Crippen LogP contribution in [0.15, 0.2) is 24.3 Å². The van der Waals surface area contributed by atoms with Gasteiger partial charge in [-0.15, -0.1) is 0 Å². The molecule has 0 radical (unpaired) electrons. The van der Waals surface area contributed by atoms with Gasteiger partial charge in [-0.2, -0.15) is 10.5 Å². The third-order valence-corrected chi connectivity index (χ3v) is 2.73. The van der Waals surface area contributed by atoms with Gasteiger partial charge in [-0.1, -0.05) is 24.3 Å². The van der Waals surface area contributed by atoms with Crippen LogP contribution in [0.2, 0.25) is 0 Å². The minimum atomic E-state index is 0.511. The quantitative estimate of drug-likeness (QED) is 0.750. The van der Waals surface area contributed by atoms with Crippen LogP contribution in [0.1, 0.15) is 24.0 Å². The average Bonchev–Trinajstić information content (AvgIpc) is 2.35. The molecule has 0 saturated carbocycles. The molecular weight excluding hydrogens is 210 g/mol. The number of hydrogen-bond donors (Lipinski definition) is 0. The molecule has 88 valence electrons. The van der Waals surface area contributed by atoms with Crippen LogP contribution in [0.5, 0.6) is 0 Å². The Kier molecular flexibility index (Phi) is 5.79. The molecular formula is C14H17N3.